The summed E-state index contributed by atoms with van der Waals surface area (Å²) in [5.74, 6) is 0.0223. The molecule has 0 bridgehead atoms. The van der Waals surface area contributed by atoms with Gasteiger partial charge in [-0.25, -0.2) is 8.42 Å². The third-order valence-electron chi connectivity index (χ3n) is 2.67. The van der Waals surface area contributed by atoms with Crippen molar-refractivity contribution >= 4 is 15.9 Å². The molecule has 2 rings (SSSR count). The van der Waals surface area contributed by atoms with Gasteiger partial charge in [0.2, 0.25) is 0 Å². The maximum atomic E-state index is 12.1. The van der Waals surface area contributed by atoms with Gasteiger partial charge in [-0.3, -0.25) is 0 Å². The molecule has 2 nitrogen and oxygen atoms in total. The molecule has 0 aliphatic carbocycles. The van der Waals surface area contributed by atoms with Crippen molar-refractivity contribution in [3.63, 3.8) is 0 Å². The summed E-state index contributed by atoms with van der Waals surface area (Å²) in [5.41, 5.74) is 1.76. The molecule has 18 heavy (non-hydrogen) atoms. The molecule has 0 aliphatic heterocycles. The third kappa shape index (κ3) is 2.87. The van der Waals surface area contributed by atoms with Crippen LogP contribution in [-0.2, 0) is 15.6 Å². The van der Waals surface area contributed by atoms with Gasteiger partial charge in [0, 0.05) is 0 Å². The number of sulfone groups is 1. The van der Waals surface area contributed by atoms with E-state index in [9.17, 15) is 8.42 Å². The number of rotatable bonds is 4. The smallest absolute Gasteiger partial charge is 0.182 e. The molecule has 92 valence electrons. The van der Waals surface area contributed by atoms with Crippen LogP contribution in [0.1, 0.15) is 11.1 Å². The van der Waals surface area contributed by atoms with E-state index in [2.05, 4.69) is 6.58 Å². The maximum absolute atomic E-state index is 12.1. The molecule has 0 N–H and O–H groups in total. The van der Waals surface area contributed by atoms with Gasteiger partial charge in [-0.1, -0.05) is 55.1 Å². The average molecular weight is 258 g/mol. The highest BCUT2D eigenvalue weighted by Gasteiger charge is 2.14. The second-order valence-corrected chi connectivity index (χ2v) is 6.01. The van der Waals surface area contributed by atoms with Crippen molar-refractivity contribution in [2.24, 2.45) is 0 Å². The van der Waals surface area contributed by atoms with Gasteiger partial charge in [0.1, 0.15) is 0 Å². The second-order valence-electron chi connectivity index (χ2n) is 4.02. The number of benzene rings is 2. The molecule has 0 heterocycles. The van der Waals surface area contributed by atoms with Gasteiger partial charge in [-0.05, 0) is 23.3 Å². The Bertz CT molecular complexity index is 626. The highest BCUT2D eigenvalue weighted by molar-refractivity contribution is 7.90. The predicted molar refractivity (Wildman–Crippen MR) is 73.9 cm³/mol. The Morgan fingerprint density at radius 1 is 0.944 bits per heavy atom. The maximum Gasteiger partial charge on any atom is 0.182 e. The van der Waals surface area contributed by atoms with Crippen LogP contribution < -0.4 is 0 Å². The molecule has 2 aromatic rings. The zero-order valence-corrected chi connectivity index (χ0v) is 10.7. The van der Waals surface area contributed by atoms with Crippen LogP contribution in [0.4, 0.5) is 0 Å². The number of hydrogen-bond donors (Lipinski definition) is 0. The summed E-state index contributed by atoms with van der Waals surface area (Å²) in [6.07, 6.45) is 1.73. The van der Waals surface area contributed by atoms with Crippen LogP contribution in [-0.4, -0.2) is 8.42 Å². The van der Waals surface area contributed by atoms with E-state index < -0.39 is 9.84 Å². The van der Waals surface area contributed by atoms with Crippen LogP contribution in [0.2, 0.25) is 0 Å². The first-order chi connectivity index (χ1) is 8.62. The summed E-state index contributed by atoms with van der Waals surface area (Å²) in [7, 11) is -3.26. The van der Waals surface area contributed by atoms with Gasteiger partial charge < -0.3 is 0 Å². The average Bonchev–Trinajstić information content (AvgIpc) is 2.40. The largest absolute Gasteiger partial charge is 0.223 e. The Morgan fingerprint density at radius 3 is 2.11 bits per heavy atom. The van der Waals surface area contributed by atoms with Gasteiger partial charge in [0.25, 0.3) is 0 Å². The molecule has 3 heteroatoms. The topological polar surface area (TPSA) is 34.1 Å². The fraction of sp³-hybridized carbons (Fsp3) is 0.0667. The lowest BCUT2D eigenvalue weighted by Crippen LogP contribution is -2.04. The van der Waals surface area contributed by atoms with E-state index in [1.807, 2.05) is 24.3 Å². The predicted octanol–water partition coefficient (Wildman–Crippen LogP) is 3.30. The standard InChI is InChI=1S/C15H14O2S/c1-2-13-8-10-14(11-9-13)12-18(16,17)15-6-4-3-5-7-15/h2-11H,1,12H2. The summed E-state index contributed by atoms with van der Waals surface area (Å²) in [6, 6.07) is 15.9. The van der Waals surface area contributed by atoms with Gasteiger partial charge in [-0.2, -0.15) is 0 Å². The zero-order valence-electron chi connectivity index (χ0n) is 9.91. The summed E-state index contributed by atoms with van der Waals surface area (Å²) in [4.78, 5) is 0.359. The quantitative estimate of drug-likeness (QED) is 0.843. The van der Waals surface area contributed by atoms with Gasteiger partial charge in [-0.15, -0.1) is 0 Å². The Morgan fingerprint density at radius 2 is 1.56 bits per heavy atom. The van der Waals surface area contributed by atoms with Crippen molar-refractivity contribution in [3.05, 3.63) is 72.3 Å². The Balaban J connectivity index is 2.25. The summed E-state index contributed by atoms with van der Waals surface area (Å²) >= 11 is 0. The van der Waals surface area contributed by atoms with Crippen molar-refractivity contribution in [3.8, 4) is 0 Å². The Hall–Kier alpha value is -1.87. The van der Waals surface area contributed by atoms with Crippen molar-refractivity contribution in [2.45, 2.75) is 10.6 Å². The molecule has 0 unspecified atom stereocenters. The molecule has 0 saturated carbocycles. The lowest BCUT2D eigenvalue weighted by molar-refractivity contribution is 0.595. The lowest BCUT2D eigenvalue weighted by Gasteiger charge is -2.04. The molecule has 0 aliphatic rings. The molecule has 2 aromatic carbocycles. The van der Waals surface area contributed by atoms with Gasteiger partial charge in [0.15, 0.2) is 9.84 Å². The monoisotopic (exact) mass is 258 g/mol. The molecule has 0 fully saturated rings. The molecular weight excluding hydrogens is 244 g/mol. The van der Waals surface area contributed by atoms with E-state index in [1.165, 1.54) is 0 Å². The Labute approximate surface area is 108 Å². The third-order valence-corrected chi connectivity index (χ3v) is 4.38. The van der Waals surface area contributed by atoms with Gasteiger partial charge >= 0.3 is 0 Å². The van der Waals surface area contributed by atoms with E-state index in [4.69, 9.17) is 0 Å². The summed E-state index contributed by atoms with van der Waals surface area (Å²) in [6.45, 7) is 3.66. The molecule has 0 spiro atoms. The first kappa shape index (κ1) is 12.6. The van der Waals surface area contributed by atoms with Crippen LogP contribution in [0.5, 0.6) is 0 Å². The van der Waals surface area contributed by atoms with Crippen LogP contribution in [0.3, 0.4) is 0 Å². The van der Waals surface area contributed by atoms with E-state index in [-0.39, 0.29) is 5.75 Å². The van der Waals surface area contributed by atoms with Crippen molar-refractivity contribution in [1.29, 1.82) is 0 Å². The minimum Gasteiger partial charge on any atom is -0.223 e. The van der Waals surface area contributed by atoms with Crippen LogP contribution in [0, 0.1) is 0 Å². The summed E-state index contributed by atoms with van der Waals surface area (Å²) in [5, 5.41) is 0. The highest BCUT2D eigenvalue weighted by Crippen LogP contribution is 2.16. The molecule has 0 aromatic heterocycles. The minimum absolute atomic E-state index is 0.0223. The van der Waals surface area contributed by atoms with E-state index in [1.54, 1.807) is 36.4 Å². The normalized spacial score (nSPS) is 11.1. The highest BCUT2D eigenvalue weighted by atomic mass is 32.2. The molecular formula is C15H14O2S. The molecule has 0 radical (unpaired) electrons. The second kappa shape index (κ2) is 5.19. The van der Waals surface area contributed by atoms with E-state index in [0.29, 0.717) is 4.90 Å². The number of hydrogen-bond acceptors (Lipinski definition) is 2. The van der Waals surface area contributed by atoms with Crippen molar-refractivity contribution in [2.75, 3.05) is 0 Å². The van der Waals surface area contributed by atoms with Crippen LogP contribution >= 0.6 is 0 Å². The first-order valence-corrected chi connectivity index (χ1v) is 7.26. The van der Waals surface area contributed by atoms with E-state index >= 15 is 0 Å². The first-order valence-electron chi connectivity index (χ1n) is 5.61. The van der Waals surface area contributed by atoms with Crippen LogP contribution in [0.25, 0.3) is 6.08 Å². The van der Waals surface area contributed by atoms with Gasteiger partial charge in [0.05, 0.1) is 10.6 Å². The van der Waals surface area contributed by atoms with Crippen molar-refractivity contribution < 1.29 is 8.42 Å². The fourth-order valence-corrected chi connectivity index (χ4v) is 3.05. The fourth-order valence-electron chi connectivity index (χ4n) is 1.68. The summed E-state index contributed by atoms with van der Waals surface area (Å²) < 4.78 is 24.3. The Kier molecular flexibility index (Phi) is 3.63. The van der Waals surface area contributed by atoms with Crippen LogP contribution in [0.15, 0.2) is 66.1 Å². The molecule has 0 atom stereocenters. The zero-order chi connectivity index (χ0) is 13.0. The minimum atomic E-state index is -3.26. The molecule has 0 saturated heterocycles. The van der Waals surface area contributed by atoms with Crippen molar-refractivity contribution in [1.82, 2.24) is 0 Å². The lowest BCUT2D eigenvalue weighted by atomic mass is 10.1. The van der Waals surface area contributed by atoms with E-state index in [0.717, 1.165) is 11.1 Å². The SMILES string of the molecule is C=Cc1ccc(CS(=O)(=O)c2ccccc2)cc1. The molecule has 0 amide bonds.